The quantitative estimate of drug-likeness (QED) is 0.821. The molecule has 1 heterocycles. The van der Waals surface area contributed by atoms with E-state index in [1.807, 2.05) is 6.92 Å². The Morgan fingerprint density at radius 2 is 2.00 bits per heavy atom. The molecule has 4 heteroatoms. The van der Waals surface area contributed by atoms with Crippen LogP contribution in [0.25, 0.3) is 0 Å². The van der Waals surface area contributed by atoms with Gasteiger partial charge in [-0.15, -0.1) is 0 Å². The average Bonchev–Trinajstić information content (AvgIpc) is 3.23. The van der Waals surface area contributed by atoms with Crippen LogP contribution in [0, 0.1) is 6.92 Å². The van der Waals surface area contributed by atoms with Gasteiger partial charge in [-0.3, -0.25) is 0 Å². The zero-order valence-electron chi connectivity index (χ0n) is 12.5. The maximum absolute atomic E-state index is 5.72. The minimum atomic E-state index is -0.347. The lowest BCUT2D eigenvalue weighted by Gasteiger charge is -2.29. The van der Waals surface area contributed by atoms with Gasteiger partial charge < -0.3 is 10.1 Å². The van der Waals surface area contributed by atoms with Crippen molar-refractivity contribution in [2.24, 2.45) is 0 Å². The van der Waals surface area contributed by atoms with Gasteiger partial charge in [-0.05, 0) is 38.7 Å². The van der Waals surface area contributed by atoms with Gasteiger partial charge in [0.25, 0.3) is 0 Å². The molecule has 0 aliphatic heterocycles. The summed E-state index contributed by atoms with van der Waals surface area (Å²) in [5, 5.41) is 3.50. The molecule has 1 aliphatic carbocycles. The van der Waals surface area contributed by atoms with Crippen LogP contribution in [0.1, 0.15) is 56.7 Å². The molecule has 0 radical (unpaired) electrons. The molecule has 0 amide bonds. The van der Waals surface area contributed by atoms with Crippen LogP contribution in [0.5, 0.6) is 0 Å². The largest absolute Gasteiger partial charge is 0.370 e. The molecule has 1 aromatic heterocycles. The Bertz CT molecular complexity index is 417. The van der Waals surface area contributed by atoms with E-state index in [1.165, 1.54) is 12.8 Å². The second-order valence-electron chi connectivity index (χ2n) is 5.38. The van der Waals surface area contributed by atoms with E-state index in [4.69, 9.17) is 9.72 Å². The molecule has 0 spiro atoms. The summed E-state index contributed by atoms with van der Waals surface area (Å²) in [6, 6.07) is 2.76. The van der Waals surface area contributed by atoms with Gasteiger partial charge in [0, 0.05) is 25.4 Å². The van der Waals surface area contributed by atoms with Gasteiger partial charge in [-0.2, -0.15) is 0 Å². The predicted molar refractivity (Wildman–Crippen MR) is 75.9 cm³/mol. The maximum Gasteiger partial charge on any atom is 0.160 e. The van der Waals surface area contributed by atoms with E-state index in [0.29, 0.717) is 6.04 Å². The highest BCUT2D eigenvalue weighted by Gasteiger charge is 2.32. The Morgan fingerprint density at radius 3 is 2.53 bits per heavy atom. The van der Waals surface area contributed by atoms with Gasteiger partial charge in [-0.25, -0.2) is 9.97 Å². The molecule has 0 unspecified atom stereocenters. The van der Waals surface area contributed by atoms with Crippen LogP contribution in [0.15, 0.2) is 6.07 Å². The molecule has 2 rings (SSSR count). The Labute approximate surface area is 116 Å². The van der Waals surface area contributed by atoms with E-state index in [1.54, 1.807) is 7.11 Å². The number of aryl methyl sites for hydroxylation is 1. The SMILES string of the molecule is CCC(CC)(OC)c1nc(C)cc(CNC2CC2)n1. The summed E-state index contributed by atoms with van der Waals surface area (Å²) >= 11 is 0. The number of ether oxygens (including phenoxy) is 1. The highest BCUT2D eigenvalue weighted by atomic mass is 16.5. The third-order valence-electron chi connectivity index (χ3n) is 4.00. The van der Waals surface area contributed by atoms with Crippen molar-refractivity contribution in [3.8, 4) is 0 Å². The fourth-order valence-corrected chi connectivity index (χ4v) is 2.41. The first-order valence-corrected chi connectivity index (χ1v) is 7.27. The van der Waals surface area contributed by atoms with Crippen molar-refractivity contribution in [2.75, 3.05) is 7.11 Å². The first kappa shape index (κ1) is 14.4. The van der Waals surface area contributed by atoms with E-state index < -0.39 is 0 Å². The van der Waals surface area contributed by atoms with Gasteiger partial charge >= 0.3 is 0 Å². The molecule has 0 atom stereocenters. The average molecular weight is 263 g/mol. The number of nitrogens with zero attached hydrogens (tertiary/aromatic N) is 2. The van der Waals surface area contributed by atoms with Crippen molar-refractivity contribution in [3.63, 3.8) is 0 Å². The molecule has 106 valence electrons. The normalized spacial score (nSPS) is 15.8. The van der Waals surface area contributed by atoms with Crippen LogP contribution in [0.4, 0.5) is 0 Å². The molecule has 1 saturated carbocycles. The van der Waals surface area contributed by atoms with E-state index in [2.05, 4.69) is 30.2 Å². The van der Waals surface area contributed by atoms with Crippen LogP contribution in [0.2, 0.25) is 0 Å². The van der Waals surface area contributed by atoms with Crippen LogP contribution in [0.3, 0.4) is 0 Å². The Morgan fingerprint density at radius 1 is 1.32 bits per heavy atom. The van der Waals surface area contributed by atoms with Gasteiger partial charge in [0.1, 0.15) is 5.60 Å². The third kappa shape index (κ3) is 3.31. The van der Waals surface area contributed by atoms with Gasteiger partial charge in [0.05, 0.1) is 5.69 Å². The van der Waals surface area contributed by atoms with Crippen molar-refractivity contribution in [1.82, 2.24) is 15.3 Å². The monoisotopic (exact) mass is 263 g/mol. The fraction of sp³-hybridized carbons (Fsp3) is 0.733. The predicted octanol–water partition coefficient (Wildman–Crippen LogP) is 2.70. The van der Waals surface area contributed by atoms with E-state index in [0.717, 1.165) is 36.6 Å². The summed E-state index contributed by atoms with van der Waals surface area (Å²) in [4.78, 5) is 9.32. The van der Waals surface area contributed by atoms with Crippen molar-refractivity contribution < 1.29 is 4.74 Å². The molecule has 1 aliphatic rings. The van der Waals surface area contributed by atoms with Crippen molar-refractivity contribution >= 4 is 0 Å². The van der Waals surface area contributed by atoms with Gasteiger partial charge in [-0.1, -0.05) is 13.8 Å². The van der Waals surface area contributed by atoms with Crippen molar-refractivity contribution in [1.29, 1.82) is 0 Å². The summed E-state index contributed by atoms with van der Waals surface area (Å²) in [5.74, 6) is 0.826. The maximum atomic E-state index is 5.72. The number of rotatable bonds is 7. The van der Waals surface area contributed by atoms with Crippen LogP contribution in [-0.4, -0.2) is 23.1 Å². The van der Waals surface area contributed by atoms with Crippen LogP contribution >= 0.6 is 0 Å². The molecule has 0 saturated heterocycles. The highest BCUT2D eigenvalue weighted by Crippen LogP contribution is 2.30. The number of methoxy groups -OCH3 is 1. The zero-order chi connectivity index (χ0) is 13.9. The van der Waals surface area contributed by atoms with E-state index >= 15 is 0 Å². The van der Waals surface area contributed by atoms with Gasteiger partial charge in [0.2, 0.25) is 0 Å². The summed E-state index contributed by atoms with van der Waals surface area (Å²) in [6.07, 6.45) is 4.36. The molecule has 1 N–H and O–H groups in total. The lowest BCUT2D eigenvalue weighted by Crippen LogP contribution is -2.30. The first-order valence-electron chi connectivity index (χ1n) is 7.27. The zero-order valence-corrected chi connectivity index (χ0v) is 12.5. The third-order valence-corrected chi connectivity index (χ3v) is 4.00. The first-order chi connectivity index (χ1) is 9.13. The Hall–Kier alpha value is -1.00. The standard InChI is InChI=1S/C15H25N3O/c1-5-15(6-2,19-4)14-17-11(3)9-13(18-14)10-16-12-7-8-12/h9,12,16H,5-8,10H2,1-4H3. The molecular formula is C15H25N3O. The molecular weight excluding hydrogens is 238 g/mol. The summed E-state index contributed by atoms with van der Waals surface area (Å²) in [7, 11) is 1.75. The minimum Gasteiger partial charge on any atom is -0.370 e. The fourth-order valence-electron chi connectivity index (χ4n) is 2.41. The van der Waals surface area contributed by atoms with Crippen LogP contribution < -0.4 is 5.32 Å². The van der Waals surface area contributed by atoms with Crippen molar-refractivity contribution in [2.45, 2.75) is 64.6 Å². The summed E-state index contributed by atoms with van der Waals surface area (Å²) in [5.41, 5.74) is 1.74. The molecule has 0 aromatic carbocycles. The van der Waals surface area contributed by atoms with E-state index in [9.17, 15) is 0 Å². The van der Waals surface area contributed by atoms with Crippen LogP contribution in [-0.2, 0) is 16.9 Å². The molecule has 0 bridgehead atoms. The minimum absolute atomic E-state index is 0.347. The van der Waals surface area contributed by atoms with Gasteiger partial charge in [0.15, 0.2) is 5.82 Å². The highest BCUT2D eigenvalue weighted by molar-refractivity contribution is 5.14. The topological polar surface area (TPSA) is 47.0 Å². The molecule has 1 aromatic rings. The summed E-state index contributed by atoms with van der Waals surface area (Å²) in [6.45, 7) is 7.10. The number of hydrogen-bond acceptors (Lipinski definition) is 4. The molecule has 19 heavy (non-hydrogen) atoms. The Kier molecular flexibility index (Phi) is 4.53. The molecule has 1 fully saturated rings. The lowest BCUT2D eigenvalue weighted by atomic mass is 9.95. The number of hydrogen-bond donors (Lipinski definition) is 1. The number of aromatic nitrogens is 2. The number of nitrogens with one attached hydrogen (secondary N) is 1. The molecule has 4 nitrogen and oxygen atoms in total. The van der Waals surface area contributed by atoms with Crippen molar-refractivity contribution in [3.05, 3.63) is 23.3 Å². The lowest BCUT2D eigenvalue weighted by molar-refractivity contribution is -0.0294. The summed E-state index contributed by atoms with van der Waals surface area (Å²) < 4.78 is 5.72. The van der Waals surface area contributed by atoms with E-state index in [-0.39, 0.29) is 5.60 Å². The second-order valence-corrected chi connectivity index (χ2v) is 5.38. The smallest absolute Gasteiger partial charge is 0.160 e. The Balaban J connectivity index is 2.22. The second kappa shape index (κ2) is 5.97.